The Bertz CT molecular complexity index is 710. The molecule has 0 heterocycles. The number of aliphatic carboxylic acids is 3. The normalized spacial score (nSPS) is 8.66. The minimum atomic E-state index is -1.08. The zero-order chi connectivity index (χ0) is 23.0. The van der Waals surface area contributed by atoms with Crippen LogP contribution < -0.4 is 23.2 Å². The van der Waals surface area contributed by atoms with E-state index in [0.717, 1.165) is 52.3 Å². The maximum atomic E-state index is 8.89. The summed E-state index contributed by atoms with van der Waals surface area (Å²) in [5.74, 6) is -2.27. The number of carbonyl (C=O) groups excluding carboxylic acids is 3. The maximum absolute atomic E-state index is 8.89. The third kappa shape index (κ3) is 20.1. The Morgan fingerprint density at radius 1 is 0.828 bits per heavy atom. The van der Waals surface area contributed by atoms with Crippen LogP contribution in [-0.4, -0.2) is 43.7 Å². The van der Waals surface area contributed by atoms with Gasteiger partial charge in [-0.1, -0.05) is 0 Å². The van der Waals surface area contributed by atoms with Crippen LogP contribution in [0.15, 0.2) is 42.5 Å². The van der Waals surface area contributed by atoms with Crippen LogP contribution in [-0.2, 0) is 21.0 Å². The summed E-state index contributed by atoms with van der Waals surface area (Å²) in [6, 6.07) is 14.5. The third-order valence-corrected chi connectivity index (χ3v) is 5.82. The van der Waals surface area contributed by atoms with E-state index in [9.17, 15) is 0 Å². The fourth-order valence-electron chi connectivity index (χ4n) is 1.75. The van der Waals surface area contributed by atoms with Gasteiger partial charge < -0.3 is 29.7 Å². The SMILES string of the molecule is CC(=O)[O-].CC(=O)[O-].CC(=O)[O-].Cc1cc(OCc2ccccc2)cc(C)[c]1[Pb+3]. The van der Waals surface area contributed by atoms with Crippen molar-refractivity contribution in [2.24, 2.45) is 0 Å². The standard InChI is InChI=1S/C15H15O.3C2H4O2.Pb/c1-12-8-13(2)10-15(9-12)16-11-14-6-4-3-5-7-14;3*1-2(3)4;/h3-7,9-10H,11H2,1-2H3;3*1H3,(H,3,4);/q;;;;+3/p-3. The average Bonchev–Trinajstić information content (AvgIpc) is 2.57. The summed E-state index contributed by atoms with van der Waals surface area (Å²) < 4.78 is 7.31. The van der Waals surface area contributed by atoms with E-state index in [1.807, 2.05) is 18.2 Å². The Kier molecular flexibility index (Phi) is 16.4. The van der Waals surface area contributed by atoms with Gasteiger partial charge in [-0.15, -0.1) is 0 Å². The molecule has 0 bridgehead atoms. The number of hydrogen-bond acceptors (Lipinski definition) is 7. The summed E-state index contributed by atoms with van der Waals surface area (Å²) in [5.41, 5.74) is 3.90. The number of benzene rings is 2. The van der Waals surface area contributed by atoms with Gasteiger partial charge >= 0.3 is 119 Å². The zero-order valence-electron chi connectivity index (χ0n) is 17.1. The van der Waals surface area contributed by atoms with Crippen LogP contribution in [0.1, 0.15) is 37.5 Å². The van der Waals surface area contributed by atoms with Crippen molar-refractivity contribution >= 4 is 46.8 Å². The molecule has 154 valence electrons. The van der Waals surface area contributed by atoms with Gasteiger partial charge in [0.15, 0.2) is 0 Å². The fourth-order valence-corrected chi connectivity index (χ4v) is 2.31. The number of ether oxygens (including phenoxy) is 1. The number of rotatable bonds is 3. The molecule has 2 aromatic carbocycles. The second-order valence-electron chi connectivity index (χ2n) is 5.68. The van der Waals surface area contributed by atoms with Crippen LogP contribution in [0.25, 0.3) is 0 Å². The molecule has 2 rings (SSSR count). The van der Waals surface area contributed by atoms with Gasteiger partial charge in [0, 0.05) is 17.9 Å². The molecule has 0 aliphatic carbocycles. The zero-order valence-corrected chi connectivity index (χ0v) is 21.0. The number of hydrogen-bond donors (Lipinski definition) is 0. The molecule has 0 amide bonds. The summed E-state index contributed by atoms with van der Waals surface area (Å²) in [5, 5.41) is 26.7. The monoisotopic (exact) mass is 596 g/mol. The van der Waals surface area contributed by atoms with E-state index in [1.165, 1.54) is 19.8 Å². The van der Waals surface area contributed by atoms with E-state index in [2.05, 4.69) is 38.1 Å². The molecule has 0 spiro atoms. The van der Waals surface area contributed by atoms with E-state index in [0.29, 0.717) is 6.61 Å². The Hall–Kier alpha value is -2.43. The van der Waals surface area contributed by atoms with Crippen LogP contribution in [0.5, 0.6) is 5.75 Å². The number of carboxylic acids is 3. The molecule has 8 heteroatoms. The van der Waals surface area contributed by atoms with E-state index in [-0.39, 0.29) is 0 Å². The van der Waals surface area contributed by atoms with Gasteiger partial charge in [0.2, 0.25) is 0 Å². The van der Waals surface area contributed by atoms with E-state index >= 15 is 0 Å². The molecule has 0 aliphatic heterocycles. The summed E-state index contributed by atoms with van der Waals surface area (Å²) in [6.07, 6.45) is 0. The fraction of sp³-hybridized carbons (Fsp3) is 0.286. The minimum absolute atomic E-state index is 0.639. The molecular formula is C21H24O7Pb. The van der Waals surface area contributed by atoms with Gasteiger partial charge in [-0.2, -0.15) is 0 Å². The van der Waals surface area contributed by atoms with Crippen molar-refractivity contribution < 1.29 is 34.4 Å². The van der Waals surface area contributed by atoms with Crippen molar-refractivity contribution in [3.05, 3.63) is 59.2 Å². The molecule has 0 atom stereocenters. The summed E-state index contributed by atoms with van der Waals surface area (Å²) >= 11 is 1.10. The van der Waals surface area contributed by atoms with Crippen molar-refractivity contribution in [2.45, 2.75) is 41.2 Å². The van der Waals surface area contributed by atoms with Gasteiger partial charge in [-0.05, 0) is 20.8 Å². The number of carboxylic acid groups (broad SMARTS) is 3. The van der Waals surface area contributed by atoms with Crippen LogP contribution in [0, 0.1) is 13.8 Å². The van der Waals surface area contributed by atoms with E-state index in [1.54, 1.807) is 0 Å². The van der Waals surface area contributed by atoms with Gasteiger partial charge in [-0.25, -0.2) is 0 Å². The van der Waals surface area contributed by atoms with Crippen molar-refractivity contribution in [2.75, 3.05) is 0 Å². The Morgan fingerprint density at radius 3 is 1.52 bits per heavy atom. The molecule has 0 aliphatic rings. The predicted molar refractivity (Wildman–Crippen MR) is 104 cm³/mol. The van der Waals surface area contributed by atoms with Crippen molar-refractivity contribution in [1.29, 1.82) is 0 Å². The van der Waals surface area contributed by atoms with Crippen LogP contribution >= 0.6 is 0 Å². The summed E-state index contributed by atoms with van der Waals surface area (Å²) in [7, 11) is 0. The van der Waals surface area contributed by atoms with Crippen LogP contribution in [0.2, 0.25) is 0 Å². The summed E-state index contributed by atoms with van der Waals surface area (Å²) in [4.78, 5) is 26.7. The molecule has 0 aromatic heterocycles. The molecule has 0 fully saturated rings. The first kappa shape index (κ1) is 28.8. The van der Waals surface area contributed by atoms with Crippen molar-refractivity contribution in [3.63, 3.8) is 0 Å². The van der Waals surface area contributed by atoms with E-state index in [4.69, 9.17) is 34.4 Å². The first-order valence-corrected chi connectivity index (χ1v) is 10.3. The van der Waals surface area contributed by atoms with Gasteiger partial charge in [-0.3, -0.25) is 0 Å². The molecule has 0 saturated heterocycles. The molecular weight excluding hydrogens is 571 g/mol. The first-order valence-electron chi connectivity index (χ1n) is 8.39. The van der Waals surface area contributed by atoms with Crippen LogP contribution in [0.3, 0.4) is 0 Å². The van der Waals surface area contributed by atoms with Gasteiger partial charge in [0.1, 0.15) is 0 Å². The summed E-state index contributed by atoms with van der Waals surface area (Å²) in [6.45, 7) is 7.87. The Labute approximate surface area is 187 Å². The number of carbonyl (C=O) groups is 3. The molecule has 7 nitrogen and oxygen atoms in total. The molecule has 0 N–H and O–H groups in total. The number of aryl methyl sites for hydroxylation is 2. The topological polar surface area (TPSA) is 130 Å². The van der Waals surface area contributed by atoms with Crippen molar-refractivity contribution in [1.82, 2.24) is 0 Å². The van der Waals surface area contributed by atoms with Crippen LogP contribution in [0.4, 0.5) is 0 Å². The Morgan fingerprint density at radius 2 is 1.17 bits per heavy atom. The second kappa shape index (κ2) is 16.5. The third-order valence-electron chi connectivity index (χ3n) is 2.75. The second-order valence-corrected chi connectivity index (χ2v) is 7.62. The molecule has 0 unspecified atom stereocenters. The average molecular weight is 596 g/mol. The van der Waals surface area contributed by atoms with Gasteiger partial charge in [0.05, 0.1) is 0 Å². The quantitative estimate of drug-likeness (QED) is 0.414. The molecule has 0 radical (unpaired) electrons. The molecule has 2 aromatic rings. The molecule has 0 saturated carbocycles. The van der Waals surface area contributed by atoms with Gasteiger partial charge in [0.25, 0.3) is 0 Å². The van der Waals surface area contributed by atoms with Crippen molar-refractivity contribution in [3.8, 4) is 5.75 Å². The van der Waals surface area contributed by atoms with E-state index < -0.39 is 17.9 Å². The predicted octanol–water partition coefficient (Wildman–Crippen LogP) is -1.06. The first-order chi connectivity index (χ1) is 13.4. The molecule has 29 heavy (non-hydrogen) atoms. The Balaban J connectivity index is 0.